The van der Waals surface area contributed by atoms with E-state index in [1.165, 1.54) is 25.7 Å². The maximum Gasteiger partial charge on any atom is 0.419 e. The highest BCUT2D eigenvalue weighted by Gasteiger charge is 2.32. The van der Waals surface area contributed by atoms with E-state index in [-0.39, 0.29) is 11.7 Å². The van der Waals surface area contributed by atoms with Crippen molar-refractivity contribution in [3.8, 4) is 0 Å². The van der Waals surface area contributed by atoms with Crippen molar-refractivity contribution in [1.82, 2.24) is 9.47 Å². The van der Waals surface area contributed by atoms with E-state index in [1.54, 1.807) is 10.6 Å². The highest BCUT2D eigenvalue weighted by Crippen LogP contribution is 2.36. The van der Waals surface area contributed by atoms with E-state index < -0.39 is 0 Å². The molecule has 128 valence electrons. The molecule has 2 atom stereocenters. The number of fused-ring (bicyclic) bond motifs is 2. The molecule has 2 heterocycles. The van der Waals surface area contributed by atoms with Crippen LogP contribution in [0.4, 0.5) is 0 Å². The SMILES string of the molecule is O=C(CCn1c(=O)oc2ccccc21)N1CC[C@H]2CCCC[C@@H]2C1. The van der Waals surface area contributed by atoms with Gasteiger partial charge in [-0.1, -0.05) is 31.4 Å². The lowest BCUT2D eigenvalue weighted by Gasteiger charge is -2.41. The minimum atomic E-state index is -0.380. The summed E-state index contributed by atoms with van der Waals surface area (Å²) < 4.78 is 6.80. The molecule has 1 amide bonds. The van der Waals surface area contributed by atoms with Gasteiger partial charge in [0, 0.05) is 26.1 Å². The molecule has 2 fully saturated rings. The standard InChI is InChI=1S/C19H24N2O3/c22-18(20-11-9-14-5-1-2-6-15(14)13-20)10-12-21-16-7-3-4-8-17(16)24-19(21)23/h3-4,7-8,14-15H,1-2,5-6,9-13H2/t14-,15-/m1/s1. The molecule has 5 heteroatoms. The Bertz CT molecular complexity index is 791. The Labute approximate surface area is 141 Å². The number of carbonyl (C=O) groups excluding carboxylic acids is 1. The van der Waals surface area contributed by atoms with Crippen molar-refractivity contribution in [2.24, 2.45) is 11.8 Å². The fourth-order valence-electron chi connectivity index (χ4n) is 4.42. The maximum atomic E-state index is 12.6. The summed E-state index contributed by atoms with van der Waals surface area (Å²) in [6.07, 6.45) is 6.76. The second kappa shape index (κ2) is 6.46. The Hall–Kier alpha value is -2.04. The summed E-state index contributed by atoms with van der Waals surface area (Å²) in [5, 5.41) is 0. The van der Waals surface area contributed by atoms with Crippen molar-refractivity contribution in [3.05, 3.63) is 34.8 Å². The molecule has 24 heavy (non-hydrogen) atoms. The summed E-state index contributed by atoms with van der Waals surface area (Å²) in [5.74, 6) is 1.29. The van der Waals surface area contributed by atoms with Crippen molar-refractivity contribution in [2.45, 2.75) is 45.1 Å². The molecule has 0 bridgehead atoms. The van der Waals surface area contributed by atoms with Crippen LogP contribution in [0, 0.1) is 11.8 Å². The van der Waals surface area contributed by atoms with Gasteiger partial charge in [-0.15, -0.1) is 0 Å². The first-order valence-electron chi connectivity index (χ1n) is 9.08. The number of oxazole rings is 1. The smallest absolute Gasteiger partial charge is 0.408 e. The number of rotatable bonds is 3. The number of piperidine rings is 1. The van der Waals surface area contributed by atoms with Gasteiger partial charge in [0.25, 0.3) is 0 Å². The molecule has 1 saturated heterocycles. The van der Waals surface area contributed by atoms with E-state index in [4.69, 9.17) is 4.42 Å². The quantitative estimate of drug-likeness (QED) is 0.870. The molecule has 2 aliphatic rings. The van der Waals surface area contributed by atoms with E-state index in [1.807, 2.05) is 23.1 Å². The zero-order valence-corrected chi connectivity index (χ0v) is 13.9. The summed E-state index contributed by atoms with van der Waals surface area (Å²) in [5.41, 5.74) is 1.35. The summed E-state index contributed by atoms with van der Waals surface area (Å²) >= 11 is 0. The van der Waals surface area contributed by atoms with Gasteiger partial charge in [0.1, 0.15) is 0 Å². The van der Waals surface area contributed by atoms with Gasteiger partial charge >= 0.3 is 5.76 Å². The Morgan fingerprint density at radius 2 is 1.92 bits per heavy atom. The molecule has 0 unspecified atom stereocenters. The molecule has 1 aromatic heterocycles. The van der Waals surface area contributed by atoms with Crippen molar-refractivity contribution in [1.29, 1.82) is 0 Å². The number of nitrogens with zero attached hydrogens (tertiary/aromatic N) is 2. The maximum absolute atomic E-state index is 12.6. The van der Waals surface area contributed by atoms with Gasteiger partial charge in [-0.25, -0.2) is 4.79 Å². The first kappa shape index (κ1) is 15.5. The van der Waals surface area contributed by atoms with E-state index in [2.05, 4.69) is 0 Å². The largest absolute Gasteiger partial charge is 0.419 e. The lowest BCUT2D eigenvalue weighted by Crippen LogP contribution is -2.45. The number of likely N-dealkylation sites (tertiary alicyclic amines) is 1. The molecule has 2 aromatic rings. The highest BCUT2D eigenvalue weighted by atomic mass is 16.4. The van der Waals surface area contributed by atoms with Gasteiger partial charge in [0.05, 0.1) is 5.52 Å². The molecule has 1 aromatic carbocycles. The predicted molar refractivity (Wildman–Crippen MR) is 91.7 cm³/mol. The summed E-state index contributed by atoms with van der Waals surface area (Å²) in [6, 6.07) is 7.36. The van der Waals surface area contributed by atoms with Crippen LogP contribution < -0.4 is 5.76 Å². The zero-order valence-electron chi connectivity index (χ0n) is 13.9. The number of para-hydroxylation sites is 2. The predicted octanol–water partition coefficient (Wildman–Crippen LogP) is 3.02. The topological polar surface area (TPSA) is 55.5 Å². The number of carbonyl (C=O) groups is 1. The molecule has 1 saturated carbocycles. The van der Waals surface area contributed by atoms with Gasteiger partial charge in [-0.2, -0.15) is 0 Å². The van der Waals surface area contributed by atoms with Gasteiger partial charge < -0.3 is 9.32 Å². The Kier molecular flexibility index (Phi) is 4.17. The van der Waals surface area contributed by atoms with Crippen molar-refractivity contribution in [2.75, 3.05) is 13.1 Å². The third-order valence-electron chi connectivity index (χ3n) is 5.77. The van der Waals surface area contributed by atoms with Gasteiger partial charge in [-0.3, -0.25) is 9.36 Å². The van der Waals surface area contributed by atoms with Crippen LogP contribution in [0.1, 0.15) is 38.5 Å². The van der Waals surface area contributed by atoms with Gasteiger partial charge in [0.2, 0.25) is 5.91 Å². The minimum absolute atomic E-state index is 0.163. The number of hydrogen-bond acceptors (Lipinski definition) is 3. The average Bonchev–Trinajstić information content (AvgIpc) is 2.94. The molecular formula is C19H24N2O3. The lowest BCUT2D eigenvalue weighted by atomic mass is 9.75. The number of aromatic nitrogens is 1. The third kappa shape index (κ3) is 2.87. The van der Waals surface area contributed by atoms with Crippen LogP contribution in [0.3, 0.4) is 0 Å². The van der Waals surface area contributed by atoms with Crippen molar-refractivity contribution < 1.29 is 9.21 Å². The lowest BCUT2D eigenvalue weighted by molar-refractivity contribution is -0.134. The summed E-state index contributed by atoms with van der Waals surface area (Å²) in [7, 11) is 0. The Morgan fingerprint density at radius 1 is 1.12 bits per heavy atom. The number of amides is 1. The third-order valence-corrected chi connectivity index (χ3v) is 5.77. The summed E-state index contributed by atoms with van der Waals surface area (Å²) in [6.45, 7) is 2.17. The van der Waals surface area contributed by atoms with Crippen molar-refractivity contribution >= 4 is 17.0 Å². The monoisotopic (exact) mass is 328 g/mol. The molecule has 0 radical (unpaired) electrons. The number of benzene rings is 1. The van der Waals surface area contributed by atoms with Crippen LogP contribution in [-0.4, -0.2) is 28.5 Å². The van der Waals surface area contributed by atoms with E-state index in [9.17, 15) is 9.59 Å². The zero-order chi connectivity index (χ0) is 16.5. The van der Waals surface area contributed by atoms with Gasteiger partial charge in [-0.05, 0) is 36.8 Å². The fourth-order valence-corrected chi connectivity index (χ4v) is 4.42. The molecular weight excluding hydrogens is 304 g/mol. The first-order chi connectivity index (χ1) is 11.7. The average molecular weight is 328 g/mol. The minimum Gasteiger partial charge on any atom is -0.408 e. The second-order valence-corrected chi connectivity index (χ2v) is 7.17. The van der Waals surface area contributed by atoms with E-state index in [0.717, 1.165) is 30.9 Å². The molecule has 1 aliphatic heterocycles. The first-order valence-corrected chi connectivity index (χ1v) is 9.08. The van der Waals surface area contributed by atoms with E-state index in [0.29, 0.717) is 24.5 Å². The Balaban J connectivity index is 1.41. The Morgan fingerprint density at radius 3 is 2.79 bits per heavy atom. The van der Waals surface area contributed by atoms with Crippen LogP contribution in [0.15, 0.2) is 33.5 Å². The van der Waals surface area contributed by atoms with Crippen LogP contribution >= 0.6 is 0 Å². The fraction of sp³-hybridized carbons (Fsp3) is 0.579. The summed E-state index contributed by atoms with van der Waals surface area (Å²) in [4.78, 5) is 26.6. The molecule has 0 N–H and O–H groups in total. The van der Waals surface area contributed by atoms with Crippen LogP contribution in [0.2, 0.25) is 0 Å². The second-order valence-electron chi connectivity index (χ2n) is 7.17. The van der Waals surface area contributed by atoms with Crippen LogP contribution in [0.25, 0.3) is 11.1 Å². The molecule has 1 aliphatic carbocycles. The number of hydrogen-bond donors (Lipinski definition) is 0. The van der Waals surface area contributed by atoms with Crippen molar-refractivity contribution in [3.63, 3.8) is 0 Å². The molecule has 0 spiro atoms. The normalized spacial score (nSPS) is 24.1. The van der Waals surface area contributed by atoms with Crippen LogP contribution in [-0.2, 0) is 11.3 Å². The van der Waals surface area contributed by atoms with Gasteiger partial charge in [0.15, 0.2) is 5.58 Å². The molecule has 5 nitrogen and oxygen atoms in total. The number of aryl methyl sites for hydroxylation is 1. The van der Waals surface area contributed by atoms with Crippen LogP contribution in [0.5, 0.6) is 0 Å². The van der Waals surface area contributed by atoms with E-state index >= 15 is 0 Å². The molecule has 4 rings (SSSR count). The highest BCUT2D eigenvalue weighted by molar-refractivity contribution is 5.77.